The van der Waals surface area contributed by atoms with Crippen LogP contribution in [0, 0.1) is 5.82 Å². The van der Waals surface area contributed by atoms with E-state index in [1.807, 2.05) is 0 Å². The number of nitrogens with two attached hydrogens (primary N) is 1. The number of anilines is 3. The first-order valence-corrected chi connectivity index (χ1v) is 9.10. The van der Waals surface area contributed by atoms with Crippen molar-refractivity contribution < 1.29 is 14.0 Å². The highest BCUT2D eigenvalue weighted by Gasteiger charge is 2.61. The molecule has 0 fully saturated rings. The minimum atomic E-state index is -1.86. The van der Waals surface area contributed by atoms with E-state index in [9.17, 15) is 18.8 Å². The fourth-order valence-electron chi connectivity index (χ4n) is 4.71. The molecule has 3 aliphatic rings. The Bertz CT molecular complexity index is 1440. The van der Waals surface area contributed by atoms with E-state index in [4.69, 9.17) is 5.73 Å². The number of fused-ring (bicyclic) bond motifs is 7. The summed E-state index contributed by atoms with van der Waals surface area (Å²) in [5.41, 5.74) is 4.95. The van der Waals surface area contributed by atoms with Crippen molar-refractivity contribution in [3.8, 4) is 0 Å². The highest BCUT2D eigenvalue weighted by Crippen LogP contribution is 2.56. The lowest BCUT2D eigenvalue weighted by Crippen LogP contribution is -2.47. The van der Waals surface area contributed by atoms with Gasteiger partial charge in [0.1, 0.15) is 17.1 Å². The molecule has 3 aromatic rings. The normalized spacial score (nSPS) is 20.4. The molecular weight excluding hydrogens is 389 g/mol. The summed E-state index contributed by atoms with van der Waals surface area (Å²) in [6.07, 6.45) is 0. The number of rotatable bonds is 0. The molecule has 1 spiro atoms. The van der Waals surface area contributed by atoms with Crippen LogP contribution in [0.25, 0.3) is 5.70 Å². The van der Waals surface area contributed by atoms with Crippen molar-refractivity contribution in [2.24, 2.45) is 0 Å². The predicted molar refractivity (Wildman–Crippen MR) is 106 cm³/mol. The van der Waals surface area contributed by atoms with Gasteiger partial charge < -0.3 is 16.4 Å². The maximum Gasteiger partial charge on any atom is 0.259 e. The Hall–Kier alpha value is -4.27. The van der Waals surface area contributed by atoms with E-state index < -0.39 is 28.5 Å². The van der Waals surface area contributed by atoms with Gasteiger partial charge in [-0.1, -0.05) is 24.3 Å². The van der Waals surface area contributed by atoms with Crippen LogP contribution >= 0.6 is 0 Å². The van der Waals surface area contributed by atoms with Gasteiger partial charge in [0.05, 0.1) is 11.3 Å². The van der Waals surface area contributed by atoms with E-state index in [0.717, 1.165) is 0 Å². The van der Waals surface area contributed by atoms with Gasteiger partial charge in [0.25, 0.3) is 5.56 Å². The van der Waals surface area contributed by atoms with Crippen molar-refractivity contribution in [1.29, 1.82) is 0 Å². The third kappa shape index (κ3) is 1.75. The van der Waals surface area contributed by atoms with Crippen LogP contribution in [0.4, 0.5) is 21.8 Å². The quantitative estimate of drug-likeness (QED) is 0.454. The number of amides is 1. The van der Waals surface area contributed by atoms with Gasteiger partial charge >= 0.3 is 0 Å². The van der Waals surface area contributed by atoms with Crippen LogP contribution in [0.5, 0.6) is 0 Å². The molecule has 30 heavy (non-hydrogen) atoms. The Morgan fingerprint density at radius 2 is 1.77 bits per heavy atom. The van der Waals surface area contributed by atoms with E-state index >= 15 is 0 Å². The van der Waals surface area contributed by atoms with Crippen LogP contribution in [0.15, 0.2) is 52.8 Å². The number of nitrogens with zero attached hydrogens (tertiary/aromatic N) is 1. The van der Waals surface area contributed by atoms with Gasteiger partial charge in [-0.3, -0.25) is 19.4 Å². The number of halogens is 1. The van der Waals surface area contributed by atoms with E-state index in [2.05, 4.69) is 20.6 Å². The molecule has 0 saturated carbocycles. The highest BCUT2D eigenvalue weighted by atomic mass is 19.1. The lowest BCUT2D eigenvalue weighted by molar-refractivity contribution is -0.118. The fourth-order valence-corrected chi connectivity index (χ4v) is 4.71. The number of ketones is 1. The summed E-state index contributed by atoms with van der Waals surface area (Å²) >= 11 is 0. The van der Waals surface area contributed by atoms with Gasteiger partial charge in [-0.25, -0.2) is 4.39 Å². The first-order valence-electron chi connectivity index (χ1n) is 9.10. The van der Waals surface area contributed by atoms with Gasteiger partial charge in [-0.2, -0.15) is 4.98 Å². The Kier molecular flexibility index (Phi) is 2.89. The molecule has 0 saturated heterocycles. The van der Waals surface area contributed by atoms with Crippen LogP contribution in [0.2, 0.25) is 0 Å². The third-order valence-electron chi connectivity index (χ3n) is 5.82. The van der Waals surface area contributed by atoms with Crippen molar-refractivity contribution >= 4 is 34.8 Å². The second kappa shape index (κ2) is 5.20. The number of carbonyl (C=O) groups is 2. The summed E-state index contributed by atoms with van der Waals surface area (Å²) < 4.78 is 14.3. The van der Waals surface area contributed by atoms with Gasteiger partial charge in [-0.15, -0.1) is 0 Å². The van der Waals surface area contributed by atoms with E-state index in [1.54, 1.807) is 24.3 Å². The number of benzene rings is 2. The summed E-state index contributed by atoms with van der Waals surface area (Å²) in [6.45, 7) is 0. The molecule has 8 nitrogen and oxygen atoms in total. The molecule has 1 atom stereocenters. The summed E-state index contributed by atoms with van der Waals surface area (Å²) in [7, 11) is 0. The zero-order chi connectivity index (χ0) is 20.8. The molecule has 2 aromatic carbocycles. The Balaban J connectivity index is 1.82. The summed E-state index contributed by atoms with van der Waals surface area (Å²) in [5.74, 6) is -1.75. The maximum absolute atomic E-state index is 14.3. The van der Waals surface area contributed by atoms with E-state index in [1.165, 1.54) is 18.2 Å². The molecule has 6 rings (SSSR count). The smallest absolute Gasteiger partial charge is 0.259 e. The summed E-state index contributed by atoms with van der Waals surface area (Å²) in [6, 6.07) is 10.6. The summed E-state index contributed by atoms with van der Waals surface area (Å²) in [5, 5.41) is 5.71. The number of aromatic nitrogens is 2. The van der Waals surface area contributed by atoms with Crippen molar-refractivity contribution in [2.45, 2.75) is 5.41 Å². The monoisotopic (exact) mass is 401 g/mol. The largest absolute Gasteiger partial charge is 0.369 e. The maximum atomic E-state index is 14.3. The fraction of sp³-hybridized carbons (Fsp3) is 0.0476. The van der Waals surface area contributed by atoms with Crippen LogP contribution in [-0.4, -0.2) is 21.7 Å². The molecule has 146 valence electrons. The minimum Gasteiger partial charge on any atom is -0.369 e. The SMILES string of the molecule is Nc1nc2c(c(=O)[nH]1)C1(C(=O)Nc3ccc(F)cc31)C1=C(N2)c2ccccc2C1=O. The topological polar surface area (TPSA) is 130 Å². The van der Waals surface area contributed by atoms with Crippen molar-refractivity contribution in [1.82, 2.24) is 9.97 Å². The zero-order valence-corrected chi connectivity index (χ0v) is 15.2. The Morgan fingerprint density at radius 1 is 1.00 bits per heavy atom. The average Bonchev–Trinajstić information content (AvgIpc) is 3.14. The highest BCUT2D eigenvalue weighted by molar-refractivity contribution is 6.30. The van der Waals surface area contributed by atoms with Gasteiger partial charge in [0, 0.05) is 28.0 Å². The first-order chi connectivity index (χ1) is 14.4. The molecule has 1 unspecified atom stereocenters. The number of aromatic amines is 1. The molecular formula is C21H12FN5O3. The Morgan fingerprint density at radius 3 is 2.57 bits per heavy atom. The molecule has 5 N–H and O–H groups in total. The van der Waals surface area contributed by atoms with Crippen LogP contribution in [-0.2, 0) is 10.2 Å². The van der Waals surface area contributed by atoms with Crippen molar-refractivity contribution in [3.05, 3.63) is 86.5 Å². The lowest BCUT2D eigenvalue weighted by Gasteiger charge is -2.34. The second-order valence-corrected chi connectivity index (χ2v) is 7.32. The molecule has 0 bridgehead atoms. The molecule has 1 aliphatic carbocycles. The number of Topliss-reactive ketones (excluding diaryl/α,β-unsaturated/α-hetero) is 1. The molecule has 1 amide bonds. The Labute approximate surface area is 167 Å². The molecule has 0 radical (unpaired) electrons. The zero-order valence-electron chi connectivity index (χ0n) is 15.2. The number of H-pyrrole nitrogens is 1. The van der Waals surface area contributed by atoms with E-state index in [-0.39, 0.29) is 28.5 Å². The van der Waals surface area contributed by atoms with Gasteiger partial charge in [0.15, 0.2) is 5.78 Å². The van der Waals surface area contributed by atoms with Crippen molar-refractivity contribution in [3.63, 3.8) is 0 Å². The van der Waals surface area contributed by atoms with Crippen LogP contribution < -0.4 is 21.9 Å². The minimum absolute atomic E-state index is 0.0479. The number of carbonyl (C=O) groups excluding carboxylic acids is 2. The van der Waals surface area contributed by atoms with Gasteiger partial charge in [0.2, 0.25) is 11.9 Å². The first kappa shape index (κ1) is 16.7. The second-order valence-electron chi connectivity index (χ2n) is 7.32. The predicted octanol–water partition coefficient (Wildman–Crippen LogP) is 1.76. The number of hydrogen-bond donors (Lipinski definition) is 4. The van der Waals surface area contributed by atoms with Gasteiger partial charge in [-0.05, 0) is 18.2 Å². The lowest BCUT2D eigenvalue weighted by atomic mass is 9.67. The van der Waals surface area contributed by atoms with E-state index in [0.29, 0.717) is 22.5 Å². The standard InChI is InChI=1S/C21H12FN5O3/c22-8-5-6-12-11(7-8)21(19(30)24-12)13-15(9-3-1-2-4-10(9)16(13)28)25-17-14(21)18(29)27-20(23)26-17/h1-7H,(H,24,30)(H4,23,25,26,27,29). The molecule has 9 heteroatoms. The molecule has 1 aromatic heterocycles. The van der Waals surface area contributed by atoms with Crippen LogP contribution in [0.1, 0.15) is 27.0 Å². The van der Waals surface area contributed by atoms with Crippen LogP contribution in [0.3, 0.4) is 0 Å². The third-order valence-corrected chi connectivity index (χ3v) is 5.82. The summed E-state index contributed by atoms with van der Waals surface area (Å²) in [4.78, 5) is 46.6. The average molecular weight is 401 g/mol. The number of hydrogen-bond acceptors (Lipinski definition) is 6. The number of nitrogens with one attached hydrogen (secondary N) is 3. The van der Waals surface area contributed by atoms with Crippen molar-refractivity contribution in [2.75, 3.05) is 16.4 Å². The number of nitrogen functional groups attached to an aromatic ring is 1. The molecule has 2 aliphatic heterocycles. The molecule has 3 heterocycles.